The topological polar surface area (TPSA) is 81.2 Å². The van der Waals surface area contributed by atoms with Crippen LogP contribution in [0.3, 0.4) is 0 Å². The Hall–Kier alpha value is -3.07. The Bertz CT molecular complexity index is 1220. The lowest BCUT2D eigenvalue weighted by atomic mass is 9.96. The van der Waals surface area contributed by atoms with Crippen LogP contribution in [0.15, 0.2) is 18.2 Å². The predicted molar refractivity (Wildman–Crippen MR) is 141 cm³/mol. The molecule has 1 aromatic heterocycles. The minimum Gasteiger partial charge on any atom is -0.497 e. The van der Waals surface area contributed by atoms with Crippen LogP contribution >= 0.6 is 11.6 Å². The molecule has 1 aromatic carbocycles. The van der Waals surface area contributed by atoms with Gasteiger partial charge in [-0.05, 0) is 58.1 Å². The van der Waals surface area contributed by atoms with Gasteiger partial charge in [0.15, 0.2) is 5.82 Å². The molecular formula is C28H35ClFN3O5. The van der Waals surface area contributed by atoms with E-state index in [1.54, 1.807) is 31.3 Å². The number of hydrogen-bond acceptors (Lipinski definition) is 6. The first-order chi connectivity index (χ1) is 18.0. The van der Waals surface area contributed by atoms with Gasteiger partial charge in [0.05, 0.1) is 32.0 Å². The number of fused-ring (bicyclic) bond motifs is 1. The number of aromatic nitrogens is 1. The Labute approximate surface area is 228 Å². The highest BCUT2D eigenvalue weighted by Gasteiger charge is 2.36. The molecule has 1 unspecified atom stereocenters. The second-order valence-electron chi connectivity index (χ2n) is 10.8. The Morgan fingerprint density at radius 3 is 2.66 bits per heavy atom. The van der Waals surface area contributed by atoms with Gasteiger partial charge in [-0.3, -0.25) is 4.79 Å². The van der Waals surface area contributed by atoms with Gasteiger partial charge in [-0.15, -0.1) is 0 Å². The number of carbonyl (C=O) groups excluding carboxylic acids is 2. The molecule has 1 fully saturated rings. The van der Waals surface area contributed by atoms with Crippen LogP contribution in [0.2, 0.25) is 5.15 Å². The fraction of sp³-hybridized carbons (Fsp3) is 0.536. The van der Waals surface area contributed by atoms with Crippen LogP contribution in [0.1, 0.15) is 67.2 Å². The Balaban J connectivity index is 1.52. The quantitative estimate of drug-likeness (QED) is 0.436. The number of rotatable bonds is 6. The molecule has 2 amide bonds. The molecule has 3 heterocycles. The van der Waals surface area contributed by atoms with Crippen molar-refractivity contribution in [1.82, 2.24) is 14.8 Å². The first kappa shape index (κ1) is 28.0. The molecule has 0 aliphatic carbocycles. The molecule has 1 atom stereocenters. The normalized spacial score (nSPS) is 17.8. The van der Waals surface area contributed by atoms with Gasteiger partial charge in [-0.25, -0.2) is 14.2 Å². The van der Waals surface area contributed by atoms with Crippen molar-refractivity contribution in [3.05, 3.63) is 51.6 Å². The number of ether oxygens (including phenoxy) is 3. The molecule has 38 heavy (non-hydrogen) atoms. The number of carbonyl (C=O) groups is 2. The summed E-state index contributed by atoms with van der Waals surface area (Å²) in [5.41, 5.74) is 0.766. The third-order valence-electron chi connectivity index (χ3n) is 6.87. The van der Waals surface area contributed by atoms with Crippen molar-refractivity contribution >= 4 is 23.6 Å². The second-order valence-corrected chi connectivity index (χ2v) is 11.2. The first-order valence-electron chi connectivity index (χ1n) is 12.9. The third kappa shape index (κ3) is 6.14. The summed E-state index contributed by atoms with van der Waals surface area (Å²) in [6, 6.07) is 5.34. The molecule has 0 radical (unpaired) electrons. The molecular weight excluding hydrogens is 513 g/mol. The summed E-state index contributed by atoms with van der Waals surface area (Å²) in [6.45, 7) is 6.86. The van der Waals surface area contributed by atoms with E-state index in [2.05, 4.69) is 4.98 Å². The summed E-state index contributed by atoms with van der Waals surface area (Å²) in [5.74, 6) is 0.328. The van der Waals surface area contributed by atoms with E-state index in [0.717, 1.165) is 24.8 Å². The van der Waals surface area contributed by atoms with Crippen molar-refractivity contribution in [2.24, 2.45) is 5.92 Å². The van der Waals surface area contributed by atoms with Gasteiger partial charge in [0.2, 0.25) is 0 Å². The molecule has 2 aliphatic heterocycles. The smallest absolute Gasteiger partial charge is 0.410 e. The fourth-order valence-electron chi connectivity index (χ4n) is 5.03. The SMILES string of the molecule is COc1ccc(CN2Cc3c(F)c(CC4CCCCN(C(=O)OC(C)(C)C)C4)nc(Cl)c3C2=O)c(OC)c1. The molecule has 4 rings (SSSR count). The molecule has 1 saturated heterocycles. The van der Waals surface area contributed by atoms with E-state index in [4.69, 9.17) is 25.8 Å². The number of pyridine rings is 1. The highest BCUT2D eigenvalue weighted by atomic mass is 35.5. The van der Waals surface area contributed by atoms with Crippen LogP contribution in [0.4, 0.5) is 9.18 Å². The maximum absolute atomic E-state index is 15.8. The van der Waals surface area contributed by atoms with E-state index in [-0.39, 0.29) is 53.0 Å². The van der Waals surface area contributed by atoms with Crippen molar-refractivity contribution in [3.63, 3.8) is 0 Å². The zero-order chi connectivity index (χ0) is 27.6. The van der Waals surface area contributed by atoms with Crippen LogP contribution in [0, 0.1) is 11.7 Å². The molecule has 2 aliphatic rings. The zero-order valence-corrected chi connectivity index (χ0v) is 23.4. The highest BCUT2D eigenvalue weighted by molar-refractivity contribution is 6.33. The minimum atomic E-state index is -0.589. The number of likely N-dealkylation sites (tertiary alicyclic amines) is 1. The van der Waals surface area contributed by atoms with E-state index in [0.29, 0.717) is 31.0 Å². The van der Waals surface area contributed by atoms with Crippen LogP contribution in [-0.2, 0) is 24.2 Å². The lowest BCUT2D eigenvalue weighted by Crippen LogP contribution is -2.39. The maximum Gasteiger partial charge on any atom is 0.410 e. The summed E-state index contributed by atoms with van der Waals surface area (Å²) in [4.78, 5) is 33.4. The van der Waals surface area contributed by atoms with Crippen LogP contribution in [0.5, 0.6) is 11.5 Å². The van der Waals surface area contributed by atoms with E-state index in [9.17, 15) is 9.59 Å². The predicted octanol–water partition coefficient (Wildman–Crippen LogP) is 5.63. The number of benzene rings is 1. The van der Waals surface area contributed by atoms with Gasteiger partial charge in [0.25, 0.3) is 5.91 Å². The van der Waals surface area contributed by atoms with Crippen molar-refractivity contribution in [2.75, 3.05) is 27.3 Å². The number of amides is 2. The van der Waals surface area contributed by atoms with E-state index in [1.807, 2.05) is 26.8 Å². The summed E-state index contributed by atoms with van der Waals surface area (Å²) in [5, 5.41) is 0.00298. The maximum atomic E-state index is 15.8. The summed E-state index contributed by atoms with van der Waals surface area (Å²) >= 11 is 6.46. The lowest BCUT2D eigenvalue weighted by molar-refractivity contribution is 0.0233. The molecule has 2 aromatic rings. The van der Waals surface area contributed by atoms with Gasteiger partial charge in [0.1, 0.15) is 22.3 Å². The summed E-state index contributed by atoms with van der Waals surface area (Å²) in [6.07, 6.45) is 2.56. The largest absolute Gasteiger partial charge is 0.497 e. The number of hydrogen-bond donors (Lipinski definition) is 0. The minimum absolute atomic E-state index is 0.00194. The first-order valence-corrected chi connectivity index (χ1v) is 13.2. The van der Waals surface area contributed by atoms with Gasteiger partial charge >= 0.3 is 6.09 Å². The monoisotopic (exact) mass is 547 g/mol. The number of nitrogens with zero attached hydrogens (tertiary/aromatic N) is 3. The van der Waals surface area contributed by atoms with Crippen molar-refractivity contribution < 1.29 is 28.2 Å². The van der Waals surface area contributed by atoms with Crippen molar-refractivity contribution in [3.8, 4) is 11.5 Å². The average molecular weight is 548 g/mol. The summed E-state index contributed by atoms with van der Waals surface area (Å²) in [7, 11) is 3.11. The van der Waals surface area contributed by atoms with Crippen LogP contribution < -0.4 is 9.47 Å². The van der Waals surface area contributed by atoms with Gasteiger partial charge in [-0.2, -0.15) is 0 Å². The third-order valence-corrected chi connectivity index (χ3v) is 7.14. The Kier molecular flexibility index (Phi) is 8.35. The van der Waals surface area contributed by atoms with Crippen molar-refractivity contribution in [1.29, 1.82) is 0 Å². The highest BCUT2D eigenvalue weighted by Crippen LogP contribution is 2.35. The molecule has 0 N–H and O–H groups in total. The molecule has 0 saturated carbocycles. The number of halogens is 2. The van der Waals surface area contributed by atoms with E-state index < -0.39 is 11.4 Å². The van der Waals surface area contributed by atoms with E-state index in [1.165, 1.54) is 4.90 Å². The molecule has 0 spiro atoms. The molecule has 0 bridgehead atoms. The summed E-state index contributed by atoms with van der Waals surface area (Å²) < 4.78 is 32.0. The van der Waals surface area contributed by atoms with Crippen LogP contribution in [-0.4, -0.2) is 59.7 Å². The second kappa shape index (κ2) is 11.4. The zero-order valence-electron chi connectivity index (χ0n) is 22.6. The molecule has 8 nitrogen and oxygen atoms in total. The Morgan fingerprint density at radius 2 is 1.97 bits per heavy atom. The van der Waals surface area contributed by atoms with Gasteiger partial charge in [-0.1, -0.05) is 18.0 Å². The average Bonchev–Trinajstić information content (AvgIpc) is 3.02. The van der Waals surface area contributed by atoms with Gasteiger partial charge < -0.3 is 24.0 Å². The standard InChI is InChI=1S/C28H35ClFN3O5/c1-28(2,3)38-27(35)32-11-7-6-8-17(14-32)12-21-24(30)20-16-33(26(34)23(20)25(29)31-21)15-18-9-10-19(36-4)13-22(18)37-5/h9-10,13,17H,6-8,11-12,14-16H2,1-5H3. The molecule has 206 valence electrons. The van der Waals surface area contributed by atoms with Crippen molar-refractivity contribution in [2.45, 2.75) is 65.1 Å². The lowest BCUT2D eigenvalue weighted by Gasteiger charge is -2.28. The molecule has 10 heteroatoms. The fourth-order valence-corrected chi connectivity index (χ4v) is 5.33. The van der Waals surface area contributed by atoms with Crippen LogP contribution in [0.25, 0.3) is 0 Å². The van der Waals surface area contributed by atoms with Gasteiger partial charge in [0, 0.05) is 36.8 Å². The van der Waals surface area contributed by atoms with E-state index >= 15 is 4.39 Å². The Morgan fingerprint density at radius 1 is 1.21 bits per heavy atom. The number of methoxy groups -OCH3 is 2.